The van der Waals surface area contributed by atoms with Gasteiger partial charge in [-0.25, -0.2) is 0 Å². The van der Waals surface area contributed by atoms with Crippen LogP contribution in [0.2, 0.25) is 0 Å². The molecular formula is C21H27N3O2. The van der Waals surface area contributed by atoms with Gasteiger partial charge in [-0.3, -0.25) is 9.89 Å². The van der Waals surface area contributed by atoms with Crippen molar-refractivity contribution in [1.82, 2.24) is 10.2 Å². The number of carbonyl (C=O) groups excluding carboxylic acids is 1. The van der Waals surface area contributed by atoms with E-state index in [1.807, 2.05) is 25.1 Å². The Kier molecular flexibility index (Phi) is 3.12. The van der Waals surface area contributed by atoms with Gasteiger partial charge in [0.25, 0.3) is 0 Å². The Labute approximate surface area is 153 Å². The van der Waals surface area contributed by atoms with Crippen molar-refractivity contribution < 1.29 is 9.21 Å². The van der Waals surface area contributed by atoms with E-state index in [0.717, 1.165) is 36.5 Å². The largest absolute Gasteiger partial charge is 0.460 e. The van der Waals surface area contributed by atoms with Crippen molar-refractivity contribution in [3.8, 4) is 11.5 Å². The van der Waals surface area contributed by atoms with Crippen molar-refractivity contribution in [2.75, 3.05) is 5.32 Å². The number of hydrogen-bond donors (Lipinski definition) is 2. The van der Waals surface area contributed by atoms with E-state index in [1.165, 1.54) is 19.3 Å². The van der Waals surface area contributed by atoms with Crippen LogP contribution in [0.15, 0.2) is 22.6 Å². The van der Waals surface area contributed by atoms with Crippen molar-refractivity contribution in [2.24, 2.45) is 22.2 Å². The lowest BCUT2D eigenvalue weighted by Crippen LogP contribution is -2.58. The predicted octanol–water partition coefficient (Wildman–Crippen LogP) is 4.91. The van der Waals surface area contributed by atoms with E-state index in [9.17, 15) is 4.79 Å². The molecule has 0 aromatic carbocycles. The molecule has 2 heterocycles. The molecule has 5 nitrogen and oxygen atoms in total. The van der Waals surface area contributed by atoms with Crippen LogP contribution in [0.4, 0.5) is 5.82 Å². The van der Waals surface area contributed by atoms with Crippen LogP contribution in [0.1, 0.15) is 58.1 Å². The molecular weight excluding hydrogens is 326 g/mol. The van der Waals surface area contributed by atoms with Crippen LogP contribution < -0.4 is 5.32 Å². The molecule has 2 N–H and O–H groups in total. The van der Waals surface area contributed by atoms with Gasteiger partial charge in [0, 0.05) is 6.07 Å². The highest BCUT2D eigenvalue weighted by atomic mass is 16.3. The minimum absolute atomic E-state index is 0.160. The van der Waals surface area contributed by atoms with Crippen LogP contribution >= 0.6 is 0 Å². The molecule has 4 aliphatic carbocycles. The number of aromatic nitrogens is 2. The van der Waals surface area contributed by atoms with Crippen molar-refractivity contribution >= 4 is 11.7 Å². The van der Waals surface area contributed by atoms with Gasteiger partial charge in [-0.05, 0) is 74.3 Å². The number of anilines is 1. The maximum Gasteiger partial charge on any atom is 0.231 e. The molecule has 138 valence electrons. The predicted molar refractivity (Wildman–Crippen MR) is 99.5 cm³/mol. The van der Waals surface area contributed by atoms with E-state index >= 15 is 0 Å². The molecule has 5 heteroatoms. The molecule has 1 amide bonds. The lowest BCUT2D eigenvalue weighted by Gasteiger charge is -2.64. The molecule has 0 radical (unpaired) electrons. The SMILES string of the molecule is Cc1ccc(-c2cc(NC(=O)C34CC5CC(C)(CC(C)(C5)C3)C4)n[nH]2)o1. The second-order valence-electron chi connectivity index (χ2n) is 9.94. The maximum absolute atomic E-state index is 13.3. The Hall–Kier alpha value is -2.04. The molecule has 6 rings (SSSR count). The van der Waals surface area contributed by atoms with E-state index in [-0.39, 0.29) is 11.3 Å². The number of aromatic amines is 1. The molecule has 4 bridgehead atoms. The number of amides is 1. The van der Waals surface area contributed by atoms with Crippen molar-refractivity contribution in [1.29, 1.82) is 0 Å². The van der Waals surface area contributed by atoms with Crippen LogP contribution in [0.3, 0.4) is 0 Å². The van der Waals surface area contributed by atoms with Crippen LogP contribution in [-0.2, 0) is 4.79 Å². The first-order valence-corrected chi connectivity index (χ1v) is 9.70. The van der Waals surface area contributed by atoms with Gasteiger partial charge in [-0.2, -0.15) is 5.10 Å². The van der Waals surface area contributed by atoms with E-state index in [4.69, 9.17) is 4.42 Å². The van der Waals surface area contributed by atoms with E-state index in [2.05, 4.69) is 29.4 Å². The minimum Gasteiger partial charge on any atom is -0.460 e. The molecule has 4 fully saturated rings. The number of rotatable bonds is 3. The van der Waals surface area contributed by atoms with Crippen LogP contribution in [-0.4, -0.2) is 16.1 Å². The quantitative estimate of drug-likeness (QED) is 0.823. The standard InChI is InChI=1S/C21H27N3O2/c1-13-4-5-16(26-13)15-6-17(24-23-15)22-18(25)21-9-14-7-19(2,11-21)10-20(3,8-14)12-21/h4-6,14H,7-12H2,1-3H3,(H2,22,23,24,25). The molecule has 2 unspecified atom stereocenters. The zero-order valence-corrected chi connectivity index (χ0v) is 15.8. The maximum atomic E-state index is 13.3. The molecule has 2 atom stereocenters. The summed E-state index contributed by atoms with van der Waals surface area (Å²) in [5.74, 6) is 3.05. The van der Waals surface area contributed by atoms with Gasteiger partial charge < -0.3 is 9.73 Å². The zero-order valence-electron chi connectivity index (χ0n) is 15.8. The number of H-pyrrole nitrogens is 1. The summed E-state index contributed by atoms with van der Waals surface area (Å²) < 4.78 is 5.63. The first-order valence-electron chi connectivity index (χ1n) is 9.70. The highest BCUT2D eigenvalue weighted by Crippen LogP contribution is 2.69. The van der Waals surface area contributed by atoms with Gasteiger partial charge in [0.05, 0.1) is 5.41 Å². The molecule has 2 aromatic heterocycles. The third-order valence-corrected chi connectivity index (χ3v) is 6.93. The van der Waals surface area contributed by atoms with Gasteiger partial charge >= 0.3 is 0 Å². The number of furan rings is 1. The summed E-state index contributed by atoms with van der Waals surface area (Å²) in [6, 6.07) is 5.70. The Morgan fingerprint density at radius 1 is 1.19 bits per heavy atom. The van der Waals surface area contributed by atoms with Crippen molar-refractivity contribution in [2.45, 2.75) is 59.3 Å². The summed E-state index contributed by atoms with van der Waals surface area (Å²) in [6.45, 7) is 6.70. The molecule has 2 aromatic rings. The van der Waals surface area contributed by atoms with Gasteiger partial charge in [-0.15, -0.1) is 0 Å². The summed E-state index contributed by atoms with van der Waals surface area (Å²) in [7, 11) is 0. The number of nitrogens with one attached hydrogen (secondary N) is 2. The van der Waals surface area contributed by atoms with E-state index < -0.39 is 0 Å². The minimum atomic E-state index is -0.219. The molecule has 0 aliphatic heterocycles. The number of hydrogen-bond acceptors (Lipinski definition) is 3. The third-order valence-electron chi connectivity index (χ3n) is 6.93. The summed E-state index contributed by atoms with van der Waals surface area (Å²) in [4.78, 5) is 13.3. The Morgan fingerprint density at radius 2 is 1.92 bits per heavy atom. The lowest BCUT2D eigenvalue weighted by molar-refractivity contribution is -0.165. The smallest absolute Gasteiger partial charge is 0.231 e. The average molecular weight is 353 g/mol. The fourth-order valence-corrected chi connectivity index (χ4v) is 7.04. The number of carbonyl (C=O) groups is 1. The van der Waals surface area contributed by atoms with Gasteiger partial charge in [0.2, 0.25) is 5.91 Å². The molecule has 0 saturated heterocycles. The molecule has 4 aliphatic rings. The fraction of sp³-hybridized carbons (Fsp3) is 0.619. The number of aryl methyl sites for hydroxylation is 1. The van der Waals surface area contributed by atoms with Crippen molar-refractivity contribution in [3.63, 3.8) is 0 Å². The summed E-state index contributed by atoms with van der Waals surface area (Å²) in [6.07, 6.45) is 6.94. The Bertz CT molecular complexity index is 861. The monoisotopic (exact) mass is 353 g/mol. The molecule has 0 spiro atoms. The summed E-state index contributed by atoms with van der Waals surface area (Å²) in [5, 5.41) is 10.4. The molecule has 26 heavy (non-hydrogen) atoms. The average Bonchev–Trinajstić information content (AvgIpc) is 3.12. The van der Waals surface area contributed by atoms with Gasteiger partial charge in [0.15, 0.2) is 11.6 Å². The Morgan fingerprint density at radius 3 is 2.54 bits per heavy atom. The first-order chi connectivity index (χ1) is 12.3. The highest BCUT2D eigenvalue weighted by molar-refractivity contribution is 5.95. The van der Waals surface area contributed by atoms with Crippen LogP contribution in [0.5, 0.6) is 0 Å². The second kappa shape index (κ2) is 5.02. The van der Waals surface area contributed by atoms with Gasteiger partial charge in [-0.1, -0.05) is 13.8 Å². The van der Waals surface area contributed by atoms with Crippen LogP contribution in [0.25, 0.3) is 11.5 Å². The fourth-order valence-electron chi connectivity index (χ4n) is 7.04. The van der Waals surface area contributed by atoms with E-state index in [0.29, 0.717) is 22.6 Å². The third kappa shape index (κ3) is 2.43. The van der Waals surface area contributed by atoms with E-state index in [1.54, 1.807) is 0 Å². The zero-order chi connectivity index (χ0) is 18.2. The topological polar surface area (TPSA) is 70.9 Å². The number of nitrogens with zero attached hydrogens (tertiary/aromatic N) is 1. The Balaban J connectivity index is 1.38. The van der Waals surface area contributed by atoms with Gasteiger partial charge in [0.1, 0.15) is 11.5 Å². The second-order valence-corrected chi connectivity index (χ2v) is 9.94. The summed E-state index contributed by atoms with van der Waals surface area (Å²) in [5.41, 5.74) is 1.23. The van der Waals surface area contributed by atoms with Crippen LogP contribution in [0, 0.1) is 29.1 Å². The lowest BCUT2D eigenvalue weighted by atomic mass is 9.40. The highest BCUT2D eigenvalue weighted by Gasteiger charge is 2.62. The van der Waals surface area contributed by atoms with Crippen molar-refractivity contribution in [3.05, 3.63) is 24.0 Å². The molecule has 4 saturated carbocycles. The normalized spacial score (nSPS) is 37.9. The first kappa shape index (κ1) is 16.2. The summed E-state index contributed by atoms with van der Waals surface area (Å²) >= 11 is 0.